The molecule has 1 nitrogen and oxygen atoms in total. The zero-order valence-corrected chi connectivity index (χ0v) is 6.09. The van der Waals surface area contributed by atoms with Crippen molar-refractivity contribution in [1.82, 2.24) is 0 Å². The molecule has 0 spiro atoms. The molecule has 1 atom stereocenters. The van der Waals surface area contributed by atoms with Crippen LogP contribution in [0.25, 0.3) is 0 Å². The third-order valence-electron chi connectivity index (χ3n) is 1.64. The minimum absolute atomic E-state index is 0.657. The van der Waals surface area contributed by atoms with Crippen LogP contribution in [0.3, 0.4) is 0 Å². The summed E-state index contributed by atoms with van der Waals surface area (Å²) in [7, 11) is 0. The van der Waals surface area contributed by atoms with Crippen LogP contribution in [0.4, 0.5) is 0 Å². The maximum atomic E-state index is 4.12. The molecule has 50 valence electrons. The second-order valence-corrected chi connectivity index (χ2v) is 2.62. The standard InChI is InChI=1S/C8H13N/c1-3-8-4-7(2)5-9-6-8/h5-7H,3-4H2,1-2H3. The SMILES string of the molecule is CCC1=CN=CC(C)C1. The molecule has 1 unspecified atom stereocenters. The molecule has 0 aromatic rings. The van der Waals surface area contributed by atoms with Gasteiger partial charge in [0, 0.05) is 12.4 Å². The number of hydrogen-bond acceptors (Lipinski definition) is 1. The number of aliphatic imine (C=N–C) groups is 1. The van der Waals surface area contributed by atoms with E-state index in [4.69, 9.17) is 0 Å². The first-order valence-corrected chi connectivity index (χ1v) is 3.54. The predicted octanol–water partition coefficient (Wildman–Crippen LogP) is 2.39. The molecule has 0 N–H and O–H groups in total. The van der Waals surface area contributed by atoms with Gasteiger partial charge in [-0.05, 0) is 18.8 Å². The zero-order chi connectivity index (χ0) is 6.69. The van der Waals surface area contributed by atoms with Crippen molar-refractivity contribution in [2.45, 2.75) is 26.7 Å². The van der Waals surface area contributed by atoms with E-state index in [-0.39, 0.29) is 0 Å². The molecular weight excluding hydrogens is 110 g/mol. The molecule has 9 heavy (non-hydrogen) atoms. The van der Waals surface area contributed by atoms with E-state index >= 15 is 0 Å². The van der Waals surface area contributed by atoms with Crippen molar-refractivity contribution in [3.05, 3.63) is 11.8 Å². The van der Waals surface area contributed by atoms with Gasteiger partial charge in [0.05, 0.1) is 0 Å². The lowest BCUT2D eigenvalue weighted by molar-refractivity contribution is 0.735. The fourth-order valence-corrected chi connectivity index (χ4v) is 1.05. The van der Waals surface area contributed by atoms with Crippen LogP contribution in [-0.2, 0) is 0 Å². The van der Waals surface area contributed by atoms with Crippen molar-refractivity contribution in [3.8, 4) is 0 Å². The smallest absolute Gasteiger partial charge is 0.0256 e. The van der Waals surface area contributed by atoms with E-state index in [1.54, 1.807) is 0 Å². The van der Waals surface area contributed by atoms with Gasteiger partial charge in [-0.2, -0.15) is 0 Å². The van der Waals surface area contributed by atoms with Crippen LogP contribution in [0.1, 0.15) is 26.7 Å². The number of rotatable bonds is 1. The van der Waals surface area contributed by atoms with Gasteiger partial charge in [-0.1, -0.05) is 19.4 Å². The summed E-state index contributed by atoms with van der Waals surface area (Å²) in [4.78, 5) is 4.12. The molecule has 0 saturated heterocycles. The highest BCUT2D eigenvalue weighted by Crippen LogP contribution is 2.16. The van der Waals surface area contributed by atoms with E-state index in [9.17, 15) is 0 Å². The Morgan fingerprint density at radius 2 is 2.56 bits per heavy atom. The second kappa shape index (κ2) is 2.81. The van der Waals surface area contributed by atoms with Crippen molar-refractivity contribution in [1.29, 1.82) is 0 Å². The van der Waals surface area contributed by atoms with Gasteiger partial charge in [-0.15, -0.1) is 0 Å². The lowest BCUT2D eigenvalue weighted by atomic mass is 10.00. The monoisotopic (exact) mass is 123 g/mol. The van der Waals surface area contributed by atoms with Crippen molar-refractivity contribution in [3.63, 3.8) is 0 Å². The average molecular weight is 123 g/mol. The fraction of sp³-hybridized carbons (Fsp3) is 0.625. The van der Waals surface area contributed by atoms with Crippen LogP contribution in [0.15, 0.2) is 16.8 Å². The van der Waals surface area contributed by atoms with E-state index in [1.807, 2.05) is 12.4 Å². The van der Waals surface area contributed by atoms with E-state index in [2.05, 4.69) is 18.8 Å². The Bertz CT molecular complexity index is 145. The molecule has 1 rings (SSSR count). The van der Waals surface area contributed by atoms with Gasteiger partial charge in [-0.25, -0.2) is 0 Å². The molecule has 0 amide bonds. The number of nitrogens with zero attached hydrogens (tertiary/aromatic N) is 1. The van der Waals surface area contributed by atoms with Crippen LogP contribution in [0.5, 0.6) is 0 Å². The van der Waals surface area contributed by atoms with E-state index < -0.39 is 0 Å². The number of allylic oxidation sites excluding steroid dienone is 1. The van der Waals surface area contributed by atoms with Crippen molar-refractivity contribution in [2.24, 2.45) is 10.9 Å². The summed E-state index contributed by atoms with van der Waals surface area (Å²) in [6.45, 7) is 4.38. The van der Waals surface area contributed by atoms with Gasteiger partial charge in [-0.3, -0.25) is 4.99 Å². The van der Waals surface area contributed by atoms with Gasteiger partial charge in [0.15, 0.2) is 0 Å². The summed E-state index contributed by atoms with van der Waals surface area (Å²) in [5.74, 6) is 0.657. The molecule has 1 aliphatic heterocycles. The van der Waals surface area contributed by atoms with Gasteiger partial charge in [0.2, 0.25) is 0 Å². The minimum Gasteiger partial charge on any atom is -0.269 e. The van der Waals surface area contributed by atoms with Crippen molar-refractivity contribution in [2.75, 3.05) is 0 Å². The first kappa shape index (κ1) is 6.53. The third-order valence-corrected chi connectivity index (χ3v) is 1.64. The zero-order valence-electron chi connectivity index (χ0n) is 6.09. The summed E-state index contributed by atoms with van der Waals surface area (Å²) in [6.07, 6.45) is 6.36. The Labute approximate surface area is 56.5 Å². The highest BCUT2D eigenvalue weighted by Gasteiger charge is 2.04. The Morgan fingerprint density at radius 1 is 1.78 bits per heavy atom. The quantitative estimate of drug-likeness (QED) is 0.507. The average Bonchev–Trinajstić information content (AvgIpc) is 1.88. The minimum atomic E-state index is 0.657. The topological polar surface area (TPSA) is 12.4 Å². The van der Waals surface area contributed by atoms with Crippen LogP contribution >= 0.6 is 0 Å². The fourth-order valence-electron chi connectivity index (χ4n) is 1.05. The van der Waals surface area contributed by atoms with Crippen molar-refractivity contribution >= 4 is 6.21 Å². The largest absolute Gasteiger partial charge is 0.269 e. The molecule has 1 heterocycles. The first-order valence-electron chi connectivity index (χ1n) is 3.54. The maximum absolute atomic E-state index is 4.12. The summed E-state index contributed by atoms with van der Waals surface area (Å²) in [5.41, 5.74) is 1.48. The van der Waals surface area contributed by atoms with Gasteiger partial charge >= 0.3 is 0 Å². The van der Waals surface area contributed by atoms with Crippen LogP contribution < -0.4 is 0 Å². The highest BCUT2D eigenvalue weighted by atomic mass is 14.7. The highest BCUT2D eigenvalue weighted by molar-refractivity contribution is 5.63. The van der Waals surface area contributed by atoms with E-state index in [0.29, 0.717) is 5.92 Å². The van der Waals surface area contributed by atoms with Crippen LogP contribution in [0, 0.1) is 5.92 Å². The van der Waals surface area contributed by atoms with Gasteiger partial charge in [0.1, 0.15) is 0 Å². The predicted molar refractivity (Wildman–Crippen MR) is 40.6 cm³/mol. The maximum Gasteiger partial charge on any atom is 0.0256 e. The molecule has 0 aliphatic carbocycles. The Morgan fingerprint density at radius 3 is 3.00 bits per heavy atom. The third kappa shape index (κ3) is 1.67. The Kier molecular flexibility index (Phi) is 2.04. The summed E-state index contributed by atoms with van der Waals surface area (Å²) >= 11 is 0. The molecule has 0 saturated carbocycles. The van der Waals surface area contributed by atoms with E-state index in [1.165, 1.54) is 12.0 Å². The Hall–Kier alpha value is -0.590. The van der Waals surface area contributed by atoms with E-state index in [0.717, 1.165) is 6.42 Å². The molecule has 0 radical (unpaired) electrons. The normalized spacial score (nSPS) is 26.0. The van der Waals surface area contributed by atoms with Crippen LogP contribution in [0.2, 0.25) is 0 Å². The second-order valence-electron chi connectivity index (χ2n) is 2.62. The van der Waals surface area contributed by atoms with Gasteiger partial charge < -0.3 is 0 Å². The molecular formula is C8H13N. The molecule has 0 fully saturated rings. The first-order chi connectivity index (χ1) is 4.33. The lowest BCUT2D eigenvalue weighted by Gasteiger charge is -2.10. The summed E-state index contributed by atoms with van der Waals surface area (Å²) in [5, 5.41) is 0. The number of hydrogen-bond donors (Lipinski definition) is 0. The molecule has 0 aromatic carbocycles. The molecule has 0 bridgehead atoms. The van der Waals surface area contributed by atoms with Crippen molar-refractivity contribution < 1.29 is 0 Å². The molecule has 1 heteroatoms. The van der Waals surface area contributed by atoms with Crippen LogP contribution in [-0.4, -0.2) is 6.21 Å². The summed E-state index contributed by atoms with van der Waals surface area (Å²) in [6, 6.07) is 0. The Balaban J connectivity index is 2.55. The van der Waals surface area contributed by atoms with Gasteiger partial charge in [0.25, 0.3) is 0 Å². The summed E-state index contributed by atoms with van der Waals surface area (Å²) < 4.78 is 0. The molecule has 0 aromatic heterocycles. The lowest BCUT2D eigenvalue weighted by Crippen LogP contribution is -2.01. The molecule has 1 aliphatic rings.